The van der Waals surface area contributed by atoms with Crippen LogP contribution in [0.25, 0.3) is 6.08 Å². The van der Waals surface area contributed by atoms with E-state index in [1.165, 1.54) is 6.08 Å². The van der Waals surface area contributed by atoms with Gasteiger partial charge in [-0.2, -0.15) is 8.42 Å². The van der Waals surface area contributed by atoms with Gasteiger partial charge >= 0.3 is 10.2 Å². The van der Waals surface area contributed by atoms with Crippen LogP contribution in [0.3, 0.4) is 0 Å². The van der Waals surface area contributed by atoms with E-state index in [9.17, 15) is 12.3 Å². The highest BCUT2D eigenvalue weighted by Crippen LogP contribution is 2.09. The quantitative estimate of drug-likeness (QED) is 0.610. The molecule has 2 nitrogen and oxygen atoms in total. The molecule has 70 valence electrons. The molecule has 0 unspecified atom stereocenters. The summed E-state index contributed by atoms with van der Waals surface area (Å²) in [4.78, 5) is 0.764. The molecule has 1 aromatic rings. The number of benzene rings is 1. The third-order valence-electron chi connectivity index (χ3n) is 1.32. The van der Waals surface area contributed by atoms with Gasteiger partial charge in [-0.3, -0.25) is 0 Å². The van der Waals surface area contributed by atoms with E-state index in [0.717, 1.165) is 4.90 Å². The minimum Gasteiger partial charge on any atom is -0.190 e. The van der Waals surface area contributed by atoms with E-state index in [-0.39, 0.29) is 0 Å². The number of halogens is 1. The van der Waals surface area contributed by atoms with Crippen molar-refractivity contribution in [3.05, 3.63) is 35.2 Å². The maximum Gasteiger partial charge on any atom is 0.325 e. The Kier molecular flexibility index (Phi) is 3.11. The highest BCUT2D eigenvalue weighted by Gasteiger charge is 1.97. The first-order valence-corrected chi connectivity index (χ1v) is 5.28. The van der Waals surface area contributed by atoms with Crippen molar-refractivity contribution in [1.29, 1.82) is 0 Å². The van der Waals surface area contributed by atoms with E-state index in [1.54, 1.807) is 24.3 Å². The first-order chi connectivity index (χ1) is 5.97. The molecule has 0 aliphatic carbocycles. The minimum absolute atomic E-state index is 0.514. The molecular weight excluding hydrogens is 211 g/mol. The lowest BCUT2D eigenvalue weighted by molar-refractivity contribution is 0.563. The Bertz CT molecular complexity index is 406. The fraction of sp³-hybridized carbons (Fsp3) is 0. The van der Waals surface area contributed by atoms with Crippen molar-refractivity contribution < 1.29 is 12.3 Å². The Labute approximate surface area is 81.7 Å². The van der Waals surface area contributed by atoms with E-state index in [0.29, 0.717) is 11.0 Å². The Morgan fingerprint density at radius 3 is 2.23 bits per heavy atom. The van der Waals surface area contributed by atoms with Gasteiger partial charge in [0.1, 0.15) is 0 Å². The average molecular weight is 218 g/mol. The zero-order chi connectivity index (χ0) is 9.90. The van der Waals surface area contributed by atoms with Crippen molar-refractivity contribution in [2.75, 3.05) is 0 Å². The standard InChI is InChI=1S/C8H7FO2S2/c9-13(10,11)6-5-7-1-3-8(12)4-2-7/h1-6,12H/b6-5+. The summed E-state index contributed by atoms with van der Waals surface area (Å²) < 4.78 is 32.2. The largest absolute Gasteiger partial charge is 0.325 e. The maximum absolute atomic E-state index is 12.0. The van der Waals surface area contributed by atoms with Gasteiger partial charge in [-0.1, -0.05) is 12.1 Å². The van der Waals surface area contributed by atoms with E-state index in [1.807, 2.05) is 0 Å². The predicted molar refractivity (Wildman–Crippen MR) is 52.8 cm³/mol. The number of thiol groups is 1. The van der Waals surface area contributed by atoms with Gasteiger partial charge in [0.25, 0.3) is 0 Å². The van der Waals surface area contributed by atoms with Crippen LogP contribution in [0.5, 0.6) is 0 Å². The lowest BCUT2D eigenvalue weighted by Crippen LogP contribution is -1.80. The lowest BCUT2D eigenvalue weighted by atomic mass is 10.2. The average Bonchev–Trinajstić information content (AvgIpc) is 2.02. The summed E-state index contributed by atoms with van der Waals surface area (Å²) >= 11 is 4.04. The molecule has 0 atom stereocenters. The van der Waals surface area contributed by atoms with Crippen LogP contribution < -0.4 is 0 Å². The summed E-state index contributed by atoms with van der Waals surface area (Å²) in [6.07, 6.45) is 1.18. The van der Waals surface area contributed by atoms with Gasteiger partial charge in [0.05, 0.1) is 5.41 Å². The highest BCUT2D eigenvalue weighted by atomic mass is 32.3. The molecule has 5 heteroatoms. The van der Waals surface area contributed by atoms with Crippen LogP contribution in [0.1, 0.15) is 5.56 Å². The molecule has 0 radical (unpaired) electrons. The predicted octanol–water partition coefficient (Wildman–Crippen LogP) is 2.25. The second-order valence-corrected chi connectivity index (χ2v) is 4.11. The molecule has 0 fully saturated rings. The van der Waals surface area contributed by atoms with Gasteiger partial charge in [-0.25, -0.2) is 0 Å². The molecule has 0 spiro atoms. The van der Waals surface area contributed by atoms with Crippen LogP contribution in [0, 0.1) is 0 Å². The van der Waals surface area contributed by atoms with Crippen LogP contribution >= 0.6 is 12.6 Å². The topological polar surface area (TPSA) is 34.1 Å². The van der Waals surface area contributed by atoms with Crippen molar-refractivity contribution in [3.8, 4) is 0 Å². The van der Waals surface area contributed by atoms with Crippen LogP contribution in [-0.4, -0.2) is 8.42 Å². The molecule has 0 aliphatic rings. The molecule has 0 saturated heterocycles. The fourth-order valence-corrected chi connectivity index (χ4v) is 1.21. The molecule has 1 rings (SSSR count). The second-order valence-electron chi connectivity index (χ2n) is 2.37. The fourth-order valence-electron chi connectivity index (χ4n) is 0.745. The zero-order valence-corrected chi connectivity index (χ0v) is 8.22. The van der Waals surface area contributed by atoms with Crippen molar-refractivity contribution in [2.45, 2.75) is 4.90 Å². The van der Waals surface area contributed by atoms with Crippen molar-refractivity contribution in [3.63, 3.8) is 0 Å². The van der Waals surface area contributed by atoms with Gasteiger partial charge in [-0.05, 0) is 23.8 Å². The van der Waals surface area contributed by atoms with E-state index >= 15 is 0 Å². The highest BCUT2D eigenvalue weighted by molar-refractivity contribution is 7.89. The minimum atomic E-state index is -4.53. The molecule has 0 heterocycles. The first-order valence-electron chi connectivity index (χ1n) is 3.39. The van der Waals surface area contributed by atoms with Crippen LogP contribution in [0.2, 0.25) is 0 Å². The van der Waals surface area contributed by atoms with Gasteiger partial charge in [0, 0.05) is 4.90 Å². The third-order valence-corrected chi connectivity index (χ3v) is 2.08. The summed E-state index contributed by atoms with van der Waals surface area (Å²) in [6.45, 7) is 0. The van der Waals surface area contributed by atoms with Gasteiger partial charge < -0.3 is 0 Å². The molecule has 0 saturated carbocycles. The summed E-state index contributed by atoms with van der Waals surface area (Å²) in [5, 5.41) is 0.514. The van der Waals surface area contributed by atoms with Gasteiger partial charge in [0.15, 0.2) is 0 Å². The molecule has 0 aliphatic heterocycles. The van der Waals surface area contributed by atoms with Crippen LogP contribution in [0.4, 0.5) is 3.89 Å². The van der Waals surface area contributed by atoms with E-state index in [4.69, 9.17) is 0 Å². The monoisotopic (exact) mass is 218 g/mol. The van der Waals surface area contributed by atoms with E-state index < -0.39 is 10.2 Å². The molecule has 0 aromatic heterocycles. The molecule has 0 bridgehead atoms. The number of hydrogen-bond acceptors (Lipinski definition) is 3. The molecule has 13 heavy (non-hydrogen) atoms. The Hall–Kier alpha value is -0.810. The third kappa shape index (κ3) is 4.10. The normalized spacial score (nSPS) is 12.2. The first kappa shape index (κ1) is 10.3. The van der Waals surface area contributed by atoms with E-state index in [2.05, 4.69) is 12.6 Å². The Balaban J connectivity index is 2.88. The Morgan fingerprint density at radius 1 is 1.23 bits per heavy atom. The lowest BCUT2D eigenvalue weighted by Gasteiger charge is -1.92. The van der Waals surface area contributed by atoms with Crippen LogP contribution in [-0.2, 0) is 10.2 Å². The zero-order valence-electron chi connectivity index (χ0n) is 6.51. The smallest absolute Gasteiger partial charge is 0.190 e. The molecular formula is C8H7FO2S2. The van der Waals surface area contributed by atoms with Gasteiger partial charge in [0.2, 0.25) is 0 Å². The van der Waals surface area contributed by atoms with Crippen molar-refractivity contribution in [2.24, 2.45) is 0 Å². The van der Waals surface area contributed by atoms with Crippen molar-refractivity contribution >= 4 is 28.9 Å². The number of hydrogen-bond donors (Lipinski definition) is 1. The SMILES string of the molecule is O=S(=O)(F)/C=C/c1ccc(S)cc1. The summed E-state index contributed by atoms with van der Waals surface area (Å²) in [6, 6.07) is 6.66. The molecule has 0 amide bonds. The molecule has 0 N–H and O–H groups in total. The van der Waals surface area contributed by atoms with Crippen molar-refractivity contribution in [1.82, 2.24) is 0 Å². The summed E-state index contributed by atoms with van der Waals surface area (Å²) in [7, 11) is -4.53. The summed E-state index contributed by atoms with van der Waals surface area (Å²) in [5.74, 6) is 0. The van der Waals surface area contributed by atoms with Gasteiger partial charge in [-0.15, -0.1) is 16.5 Å². The van der Waals surface area contributed by atoms with Crippen LogP contribution in [0.15, 0.2) is 34.6 Å². The maximum atomic E-state index is 12.0. The summed E-state index contributed by atoms with van der Waals surface area (Å²) in [5.41, 5.74) is 0.610. The Morgan fingerprint density at radius 2 is 1.77 bits per heavy atom. The number of rotatable bonds is 2. The molecule has 1 aromatic carbocycles. The second kappa shape index (κ2) is 3.93.